The van der Waals surface area contributed by atoms with Gasteiger partial charge in [-0.1, -0.05) is 0 Å². The number of rotatable bonds is 0. The first-order valence-corrected chi connectivity index (χ1v) is 4.57. The molecule has 1 aliphatic heterocycles. The Hall–Kier alpha value is -1.90. The molecule has 0 saturated heterocycles. The summed E-state index contributed by atoms with van der Waals surface area (Å²) in [4.78, 5) is 8.42. The van der Waals surface area contributed by atoms with Gasteiger partial charge in [-0.25, -0.2) is 4.98 Å². The molecule has 1 aliphatic rings. The van der Waals surface area contributed by atoms with Crippen molar-refractivity contribution in [3.8, 4) is 11.1 Å². The molecule has 2 aromatic heterocycles. The van der Waals surface area contributed by atoms with Crippen molar-refractivity contribution in [2.75, 3.05) is 5.32 Å². The van der Waals surface area contributed by atoms with Gasteiger partial charge in [0, 0.05) is 36.3 Å². The van der Waals surface area contributed by atoms with Crippen molar-refractivity contribution in [1.29, 1.82) is 0 Å². The Balaban J connectivity index is 2.29. The molecule has 0 saturated carbocycles. The second-order valence-electron chi connectivity index (χ2n) is 3.29. The standard InChI is InChI=1S/C11H9N3/c1-2-9-10-7-12-5-3-8(10)6-14-11(9)13-4-1/h1-5,7H,6H2,(H,13,14). The quantitative estimate of drug-likeness (QED) is 0.679. The summed E-state index contributed by atoms with van der Waals surface area (Å²) in [6, 6.07) is 6.05. The van der Waals surface area contributed by atoms with Crippen molar-refractivity contribution in [1.82, 2.24) is 9.97 Å². The van der Waals surface area contributed by atoms with Gasteiger partial charge >= 0.3 is 0 Å². The minimum atomic E-state index is 0.835. The van der Waals surface area contributed by atoms with Crippen LogP contribution in [0, 0.1) is 0 Å². The average molecular weight is 183 g/mol. The fraction of sp³-hybridized carbons (Fsp3) is 0.0909. The summed E-state index contributed by atoms with van der Waals surface area (Å²) < 4.78 is 0. The van der Waals surface area contributed by atoms with Crippen LogP contribution in [-0.4, -0.2) is 9.97 Å². The number of pyridine rings is 2. The zero-order valence-electron chi connectivity index (χ0n) is 7.57. The maximum Gasteiger partial charge on any atom is 0.134 e. The molecule has 0 amide bonds. The van der Waals surface area contributed by atoms with Crippen LogP contribution in [0.5, 0.6) is 0 Å². The molecule has 3 heteroatoms. The lowest BCUT2D eigenvalue weighted by atomic mass is 10.00. The van der Waals surface area contributed by atoms with Crippen LogP contribution in [0.15, 0.2) is 36.8 Å². The molecule has 3 nitrogen and oxygen atoms in total. The highest BCUT2D eigenvalue weighted by atomic mass is 15.0. The molecule has 0 unspecified atom stereocenters. The predicted molar refractivity (Wildman–Crippen MR) is 54.8 cm³/mol. The summed E-state index contributed by atoms with van der Waals surface area (Å²) in [6.45, 7) is 0.835. The van der Waals surface area contributed by atoms with E-state index < -0.39 is 0 Å². The highest BCUT2D eigenvalue weighted by Gasteiger charge is 2.14. The number of fused-ring (bicyclic) bond motifs is 3. The maximum absolute atomic E-state index is 4.28. The van der Waals surface area contributed by atoms with E-state index in [1.807, 2.05) is 24.5 Å². The third-order valence-electron chi connectivity index (χ3n) is 2.46. The van der Waals surface area contributed by atoms with E-state index in [9.17, 15) is 0 Å². The minimum Gasteiger partial charge on any atom is -0.365 e. The fourth-order valence-electron chi connectivity index (χ4n) is 1.76. The van der Waals surface area contributed by atoms with Crippen molar-refractivity contribution in [2.45, 2.75) is 6.54 Å². The SMILES string of the molecule is c1cnc2c(c1)-c1cnccc1CN2. The number of nitrogens with one attached hydrogen (secondary N) is 1. The largest absolute Gasteiger partial charge is 0.365 e. The zero-order chi connectivity index (χ0) is 9.38. The van der Waals surface area contributed by atoms with Crippen molar-refractivity contribution in [3.63, 3.8) is 0 Å². The van der Waals surface area contributed by atoms with E-state index >= 15 is 0 Å². The zero-order valence-corrected chi connectivity index (χ0v) is 7.57. The first-order valence-electron chi connectivity index (χ1n) is 4.57. The molecule has 14 heavy (non-hydrogen) atoms. The average Bonchev–Trinajstić information content (AvgIpc) is 2.29. The van der Waals surface area contributed by atoms with E-state index in [4.69, 9.17) is 0 Å². The third-order valence-corrected chi connectivity index (χ3v) is 2.46. The molecule has 0 aromatic carbocycles. The van der Waals surface area contributed by atoms with Crippen LogP contribution in [0.3, 0.4) is 0 Å². The summed E-state index contributed by atoms with van der Waals surface area (Å²) in [5.74, 6) is 0.952. The van der Waals surface area contributed by atoms with Gasteiger partial charge in [0.25, 0.3) is 0 Å². The van der Waals surface area contributed by atoms with Crippen LogP contribution in [-0.2, 0) is 6.54 Å². The molecule has 0 spiro atoms. The Bertz CT molecular complexity index is 434. The lowest BCUT2D eigenvalue weighted by Gasteiger charge is -2.19. The van der Waals surface area contributed by atoms with Crippen molar-refractivity contribution >= 4 is 5.82 Å². The molecule has 3 heterocycles. The smallest absolute Gasteiger partial charge is 0.134 e. The van der Waals surface area contributed by atoms with Crippen LogP contribution in [0.25, 0.3) is 11.1 Å². The van der Waals surface area contributed by atoms with Crippen LogP contribution < -0.4 is 5.32 Å². The molecular formula is C11H9N3. The van der Waals surface area contributed by atoms with E-state index in [1.165, 1.54) is 11.1 Å². The predicted octanol–water partition coefficient (Wildman–Crippen LogP) is 2.07. The molecule has 1 N–H and O–H groups in total. The van der Waals surface area contributed by atoms with Crippen LogP contribution in [0.1, 0.15) is 5.56 Å². The fourth-order valence-corrected chi connectivity index (χ4v) is 1.76. The summed E-state index contributed by atoms with van der Waals surface area (Å²) >= 11 is 0. The highest BCUT2D eigenvalue weighted by molar-refractivity contribution is 5.79. The first-order chi connectivity index (χ1) is 6.95. The molecule has 0 fully saturated rings. The topological polar surface area (TPSA) is 37.8 Å². The Morgan fingerprint density at radius 3 is 3.14 bits per heavy atom. The van der Waals surface area contributed by atoms with E-state index in [2.05, 4.69) is 21.4 Å². The molecule has 0 radical (unpaired) electrons. The van der Waals surface area contributed by atoms with Crippen molar-refractivity contribution in [3.05, 3.63) is 42.4 Å². The summed E-state index contributed by atoms with van der Waals surface area (Å²) in [7, 11) is 0. The van der Waals surface area contributed by atoms with E-state index in [0.29, 0.717) is 0 Å². The molecule has 2 aromatic rings. The van der Waals surface area contributed by atoms with E-state index in [1.54, 1.807) is 6.20 Å². The van der Waals surface area contributed by atoms with E-state index in [0.717, 1.165) is 17.9 Å². The van der Waals surface area contributed by atoms with Crippen molar-refractivity contribution < 1.29 is 0 Å². The second kappa shape index (κ2) is 2.80. The molecular weight excluding hydrogens is 174 g/mol. The van der Waals surface area contributed by atoms with Gasteiger partial charge < -0.3 is 5.32 Å². The van der Waals surface area contributed by atoms with Crippen LogP contribution in [0.4, 0.5) is 5.82 Å². The third kappa shape index (κ3) is 0.988. The van der Waals surface area contributed by atoms with Gasteiger partial charge in [0.1, 0.15) is 5.82 Å². The molecule has 3 rings (SSSR count). The number of aromatic nitrogens is 2. The van der Waals surface area contributed by atoms with Gasteiger partial charge in [-0.2, -0.15) is 0 Å². The van der Waals surface area contributed by atoms with E-state index in [-0.39, 0.29) is 0 Å². The lowest BCUT2D eigenvalue weighted by molar-refractivity contribution is 1.07. The van der Waals surface area contributed by atoms with Gasteiger partial charge in [0.05, 0.1) is 0 Å². The summed E-state index contributed by atoms with van der Waals surface area (Å²) in [5.41, 5.74) is 3.61. The molecule has 0 aliphatic carbocycles. The maximum atomic E-state index is 4.28. The Morgan fingerprint density at radius 1 is 1.14 bits per heavy atom. The monoisotopic (exact) mass is 183 g/mol. The lowest BCUT2D eigenvalue weighted by Crippen LogP contribution is -2.09. The van der Waals surface area contributed by atoms with Gasteiger partial charge in [0.15, 0.2) is 0 Å². The van der Waals surface area contributed by atoms with Gasteiger partial charge in [-0.05, 0) is 23.8 Å². The highest BCUT2D eigenvalue weighted by Crippen LogP contribution is 2.32. The molecule has 0 atom stereocenters. The van der Waals surface area contributed by atoms with Gasteiger partial charge in [0.2, 0.25) is 0 Å². The van der Waals surface area contributed by atoms with Gasteiger partial charge in [-0.3, -0.25) is 4.98 Å². The molecule has 68 valence electrons. The Kier molecular flexibility index (Phi) is 1.50. The normalized spacial score (nSPS) is 12.6. The van der Waals surface area contributed by atoms with Crippen molar-refractivity contribution in [2.24, 2.45) is 0 Å². The Morgan fingerprint density at radius 2 is 2.14 bits per heavy atom. The number of hydrogen-bond acceptors (Lipinski definition) is 3. The van der Waals surface area contributed by atoms with Gasteiger partial charge in [-0.15, -0.1) is 0 Å². The van der Waals surface area contributed by atoms with Crippen LogP contribution >= 0.6 is 0 Å². The summed E-state index contributed by atoms with van der Waals surface area (Å²) in [6.07, 6.45) is 5.52. The number of hydrogen-bond donors (Lipinski definition) is 1. The molecule has 0 bridgehead atoms. The number of anilines is 1. The minimum absolute atomic E-state index is 0.835. The summed E-state index contributed by atoms with van der Waals surface area (Å²) in [5, 5.41) is 3.28. The second-order valence-corrected chi connectivity index (χ2v) is 3.29. The Labute approximate surface area is 81.8 Å². The number of nitrogens with zero attached hydrogens (tertiary/aromatic N) is 2. The first kappa shape index (κ1) is 7.50. The van der Waals surface area contributed by atoms with Crippen LogP contribution in [0.2, 0.25) is 0 Å².